The minimum absolute atomic E-state index is 0.0683. The number of nitrogens with one attached hydrogen (secondary N) is 1. The maximum atomic E-state index is 13.0. The number of amides is 2. The van der Waals surface area contributed by atoms with Crippen LogP contribution in [0, 0.1) is 28.8 Å². The lowest BCUT2D eigenvalue weighted by atomic mass is 10.1. The van der Waals surface area contributed by atoms with E-state index < -0.39 is 10.8 Å². The number of nitrogens with zero attached hydrogens (tertiary/aromatic N) is 2. The van der Waals surface area contributed by atoms with E-state index >= 15 is 0 Å². The molecule has 0 aliphatic carbocycles. The molecule has 1 aliphatic heterocycles. The molecule has 146 valence electrons. The first-order valence-corrected chi connectivity index (χ1v) is 8.92. The summed E-state index contributed by atoms with van der Waals surface area (Å²) in [4.78, 5) is 36.9. The Morgan fingerprint density at radius 3 is 2.68 bits per heavy atom. The summed E-state index contributed by atoms with van der Waals surface area (Å²) in [5.41, 5.74) is 1.59. The van der Waals surface area contributed by atoms with E-state index in [1.807, 2.05) is 0 Å². The fourth-order valence-electron chi connectivity index (χ4n) is 3.27. The van der Waals surface area contributed by atoms with Crippen LogP contribution in [0.25, 0.3) is 0 Å². The van der Waals surface area contributed by atoms with Gasteiger partial charge in [-0.3, -0.25) is 19.7 Å². The van der Waals surface area contributed by atoms with E-state index in [4.69, 9.17) is 0 Å². The molecule has 0 radical (unpaired) electrons. The number of rotatable bonds is 6. The monoisotopic (exact) mass is 385 g/mol. The molecule has 28 heavy (non-hydrogen) atoms. The molecule has 1 saturated heterocycles. The Morgan fingerprint density at radius 2 is 2.00 bits per heavy atom. The van der Waals surface area contributed by atoms with Crippen LogP contribution < -0.4 is 5.32 Å². The molecule has 1 N–H and O–H groups in total. The summed E-state index contributed by atoms with van der Waals surface area (Å²) in [6.45, 7) is 2.31. The molecule has 7 nitrogen and oxygen atoms in total. The summed E-state index contributed by atoms with van der Waals surface area (Å²) in [7, 11) is 0. The molecule has 0 bridgehead atoms. The largest absolute Gasteiger partial charge is 0.342 e. The minimum atomic E-state index is -0.514. The lowest BCUT2D eigenvalue weighted by Crippen LogP contribution is -2.30. The molecule has 0 saturated carbocycles. The van der Waals surface area contributed by atoms with Crippen LogP contribution >= 0.6 is 0 Å². The first-order chi connectivity index (χ1) is 13.3. The molecule has 2 amide bonds. The predicted molar refractivity (Wildman–Crippen MR) is 101 cm³/mol. The molecular weight excluding hydrogens is 365 g/mol. The second-order valence-electron chi connectivity index (χ2n) is 6.81. The summed E-state index contributed by atoms with van der Waals surface area (Å²) in [5.74, 6) is -1.27. The second kappa shape index (κ2) is 8.16. The third-order valence-electron chi connectivity index (χ3n) is 4.93. The van der Waals surface area contributed by atoms with Gasteiger partial charge in [0.1, 0.15) is 5.82 Å². The van der Waals surface area contributed by atoms with E-state index in [0.29, 0.717) is 30.8 Å². The van der Waals surface area contributed by atoms with Gasteiger partial charge in [-0.1, -0.05) is 18.2 Å². The maximum Gasteiger partial charge on any atom is 0.274 e. The van der Waals surface area contributed by atoms with Crippen molar-refractivity contribution in [2.24, 2.45) is 5.92 Å². The third-order valence-corrected chi connectivity index (χ3v) is 4.93. The van der Waals surface area contributed by atoms with Gasteiger partial charge >= 0.3 is 0 Å². The number of carbonyl (C=O) groups excluding carboxylic acids is 2. The van der Waals surface area contributed by atoms with Crippen LogP contribution in [0.3, 0.4) is 0 Å². The molecule has 0 aromatic heterocycles. The highest BCUT2D eigenvalue weighted by molar-refractivity contribution is 5.98. The van der Waals surface area contributed by atoms with Crippen molar-refractivity contribution in [2.75, 3.05) is 18.4 Å². The molecule has 8 heteroatoms. The van der Waals surface area contributed by atoms with Crippen molar-refractivity contribution in [3.8, 4) is 0 Å². The molecule has 1 atom stereocenters. The summed E-state index contributed by atoms with van der Waals surface area (Å²) >= 11 is 0. The molecule has 0 spiro atoms. The number of nitro groups is 1. The third kappa shape index (κ3) is 4.33. The number of hydrogen-bond donors (Lipinski definition) is 1. The van der Waals surface area contributed by atoms with Crippen molar-refractivity contribution in [1.29, 1.82) is 0 Å². The van der Waals surface area contributed by atoms with Gasteiger partial charge in [0.05, 0.1) is 22.1 Å². The topological polar surface area (TPSA) is 92.6 Å². The zero-order chi connectivity index (χ0) is 20.3. The zero-order valence-electron chi connectivity index (χ0n) is 15.4. The van der Waals surface area contributed by atoms with Crippen molar-refractivity contribution >= 4 is 23.2 Å². The van der Waals surface area contributed by atoms with Crippen LogP contribution in [0.2, 0.25) is 0 Å². The number of anilines is 1. The molecular formula is C20H20FN3O4. The predicted octanol–water partition coefficient (Wildman–Crippen LogP) is 3.07. The number of benzene rings is 2. The molecule has 1 aliphatic rings. The molecule has 1 unspecified atom stereocenters. The van der Waals surface area contributed by atoms with Gasteiger partial charge in [0.15, 0.2) is 0 Å². The van der Waals surface area contributed by atoms with Crippen molar-refractivity contribution < 1.29 is 18.9 Å². The number of nitro benzene ring substituents is 1. The van der Waals surface area contributed by atoms with E-state index in [1.54, 1.807) is 30.0 Å². The number of hydrogen-bond acceptors (Lipinski definition) is 4. The van der Waals surface area contributed by atoms with Crippen molar-refractivity contribution in [1.82, 2.24) is 4.90 Å². The molecule has 1 fully saturated rings. The van der Waals surface area contributed by atoms with Crippen molar-refractivity contribution in [3.63, 3.8) is 0 Å². The Labute approximate surface area is 161 Å². The highest BCUT2D eigenvalue weighted by Crippen LogP contribution is 2.27. The molecule has 3 rings (SSSR count). The van der Waals surface area contributed by atoms with Crippen LogP contribution in [0.15, 0.2) is 42.5 Å². The maximum absolute atomic E-state index is 13.0. The fraction of sp³-hybridized carbons (Fsp3) is 0.300. The average Bonchev–Trinajstić information content (AvgIpc) is 3.03. The van der Waals surface area contributed by atoms with Gasteiger partial charge in [0.2, 0.25) is 11.8 Å². The van der Waals surface area contributed by atoms with E-state index in [2.05, 4.69) is 5.32 Å². The van der Waals surface area contributed by atoms with Gasteiger partial charge in [-0.2, -0.15) is 0 Å². The smallest absolute Gasteiger partial charge is 0.274 e. The fourth-order valence-corrected chi connectivity index (χ4v) is 3.27. The Bertz CT molecular complexity index is 914. The van der Waals surface area contributed by atoms with Crippen LogP contribution in [-0.2, 0) is 16.0 Å². The standard InChI is InChI=1S/C20H20FN3O4/c1-13-17(3-2-4-18(13)24(27)28)22-20(26)15-11-19(25)23(12-15)10-9-14-5-7-16(21)8-6-14/h2-8,15H,9-12H2,1H3,(H,22,26). The first kappa shape index (κ1) is 19.5. The summed E-state index contributed by atoms with van der Waals surface area (Å²) in [5, 5.41) is 13.7. The van der Waals surface area contributed by atoms with Gasteiger partial charge in [0.25, 0.3) is 5.69 Å². The second-order valence-corrected chi connectivity index (χ2v) is 6.81. The van der Waals surface area contributed by atoms with Crippen LogP contribution in [0.5, 0.6) is 0 Å². The van der Waals surface area contributed by atoms with Crippen molar-refractivity contribution in [2.45, 2.75) is 19.8 Å². The Hall–Kier alpha value is -3.29. The Balaban J connectivity index is 1.60. The van der Waals surface area contributed by atoms with Crippen LogP contribution in [-0.4, -0.2) is 34.7 Å². The van der Waals surface area contributed by atoms with Crippen LogP contribution in [0.4, 0.5) is 15.8 Å². The van der Waals surface area contributed by atoms with E-state index in [-0.39, 0.29) is 29.7 Å². The van der Waals surface area contributed by atoms with E-state index in [0.717, 1.165) is 5.56 Å². The zero-order valence-corrected chi connectivity index (χ0v) is 15.4. The molecule has 1 heterocycles. The van der Waals surface area contributed by atoms with Crippen molar-refractivity contribution in [3.05, 3.63) is 69.5 Å². The lowest BCUT2D eigenvalue weighted by molar-refractivity contribution is -0.385. The summed E-state index contributed by atoms with van der Waals surface area (Å²) < 4.78 is 13.0. The van der Waals surface area contributed by atoms with Gasteiger partial charge < -0.3 is 10.2 Å². The Kier molecular flexibility index (Phi) is 5.67. The van der Waals surface area contributed by atoms with E-state index in [1.165, 1.54) is 24.3 Å². The number of halogens is 1. The molecule has 2 aromatic carbocycles. The molecule has 2 aromatic rings. The van der Waals surface area contributed by atoms with Gasteiger partial charge in [-0.05, 0) is 37.1 Å². The number of likely N-dealkylation sites (tertiary alicyclic amines) is 1. The SMILES string of the molecule is Cc1c(NC(=O)C2CC(=O)N(CCc3ccc(F)cc3)C2)cccc1[N+](=O)[O-]. The minimum Gasteiger partial charge on any atom is -0.342 e. The number of carbonyl (C=O) groups is 2. The van der Waals surface area contributed by atoms with Gasteiger partial charge in [-0.15, -0.1) is 0 Å². The normalized spacial score (nSPS) is 16.3. The first-order valence-electron chi connectivity index (χ1n) is 8.92. The average molecular weight is 385 g/mol. The summed E-state index contributed by atoms with van der Waals surface area (Å²) in [6.07, 6.45) is 0.674. The summed E-state index contributed by atoms with van der Waals surface area (Å²) in [6, 6.07) is 10.6. The highest BCUT2D eigenvalue weighted by atomic mass is 19.1. The van der Waals surface area contributed by atoms with Gasteiger partial charge in [-0.25, -0.2) is 4.39 Å². The van der Waals surface area contributed by atoms with Gasteiger partial charge in [0, 0.05) is 25.6 Å². The highest BCUT2D eigenvalue weighted by Gasteiger charge is 2.34. The quantitative estimate of drug-likeness (QED) is 0.611. The van der Waals surface area contributed by atoms with E-state index in [9.17, 15) is 24.1 Å². The lowest BCUT2D eigenvalue weighted by Gasteiger charge is -2.17. The van der Waals surface area contributed by atoms with Crippen LogP contribution in [0.1, 0.15) is 17.5 Å². The Morgan fingerprint density at radius 1 is 1.29 bits per heavy atom.